The van der Waals surface area contributed by atoms with E-state index in [1.807, 2.05) is 24.3 Å². The van der Waals surface area contributed by atoms with E-state index in [-0.39, 0.29) is 5.91 Å². The van der Waals surface area contributed by atoms with Crippen molar-refractivity contribution in [2.24, 2.45) is 0 Å². The maximum atomic E-state index is 12.1. The van der Waals surface area contributed by atoms with Crippen molar-refractivity contribution >= 4 is 23.6 Å². The van der Waals surface area contributed by atoms with E-state index in [1.165, 1.54) is 28.2 Å². The highest BCUT2D eigenvalue weighted by Crippen LogP contribution is 2.28. The van der Waals surface area contributed by atoms with E-state index in [0.717, 1.165) is 12.0 Å². The molecule has 2 aromatic rings. The van der Waals surface area contributed by atoms with Crippen LogP contribution in [0.1, 0.15) is 19.4 Å². The summed E-state index contributed by atoms with van der Waals surface area (Å²) in [4.78, 5) is 26.7. The second kappa shape index (κ2) is 8.81. The normalized spacial score (nSPS) is 15.6. The zero-order valence-corrected chi connectivity index (χ0v) is 16.1. The molecule has 1 aromatic carbocycles. The number of aromatic nitrogens is 4. The molecule has 0 spiro atoms. The summed E-state index contributed by atoms with van der Waals surface area (Å²) in [5, 5.41) is 13.1. The standard InChI is InChI=1S/C18H21N5O3S/c1-3-13-5-7-14(8-6-13)18-19-21-23(20-18)10-9-22-15(24)12-27-16(22)11-17(25)26-4-2/h5-8,11H,3-4,9-10,12H2,1-2H3/b16-11-. The lowest BCUT2D eigenvalue weighted by Gasteiger charge is -2.16. The van der Waals surface area contributed by atoms with Gasteiger partial charge in [-0.1, -0.05) is 43.0 Å². The Hall–Kier alpha value is -2.68. The second-order valence-corrected chi connectivity index (χ2v) is 6.82. The molecule has 0 aliphatic carbocycles. The highest BCUT2D eigenvalue weighted by molar-refractivity contribution is 8.04. The summed E-state index contributed by atoms with van der Waals surface area (Å²) in [5.41, 5.74) is 2.14. The SMILES string of the molecule is CCOC(=O)/C=C1\SCC(=O)N1CCn1nnc(-c2ccc(CC)cc2)n1. The van der Waals surface area contributed by atoms with Gasteiger partial charge in [-0.15, -0.1) is 10.2 Å². The average molecular weight is 387 g/mol. The molecule has 27 heavy (non-hydrogen) atoms. The molecule has 142 valence electrons. The third-order valence-electron chi connectivity index (χ3n) is 4.04. The lowest BCUT2D eigenvalue weighted by molar-refractivity contribution is -0.137. The van der Waals surface area contributed by atoms with Crippen molar-refractivity contribution in [2.75, 3.05) is 18.9 Å². The summed E-state index contributed by atoms with van der Waals surface area (Å²) < 4.78 is 4.91. The van der Waals surface area contributed by atoms with Crippen LogP contribution in [0.25, 0.3) is 11.4 Å². The third-order valence-corrected chi connectivity index (χ3v) is 5.06. The number of hydrogen-bond donors (Lipinski definition) is 0. The Morgan fingerprint density at radius 1 is 1.26 bits per heavy atom. The summed E-state index contributed by atoms with van der Waals surface area (Å²) in [6, 6.07) is 8.03. The molecule has 1 aliphatic heterocycles. The fourth-order valence-corrected chi connectivity index (χ4v) is 3.54. The summed E-state index contributed by atoms with van der Waals surface area (Å²) in [6.07, 6.45) is 2.33. The van der Waals surface area contributed by atoms with Gasteiger partial charge in [-0.05, 0) is 24.1 Å². The van der Waals surface area contributed by atoms with E-state index in [4.69, 9.17) is 4.74 Å². The smallest absolute Gasteiger partial charge is 0.333 e. The van der Waals surface area contributed by atoms with Gasteiger partial charge in [0.15, 0.2) is 0 Å². The van der Waals surface area contributed by atoms with Crippen LogP contribution in [0, 0.1) is 0 Å². The predicted molar refractivity (Wildman–Crippen MR) is 102 cm³/mol. The van der Waals surface area contributed by atoms with Crippen molar-refractivity contribution in [3.05, 3.63) is 40.9 Å². The Morgan fingerprint density at radius 2 is 2.04 bits per heavy atom. The Bertz CT molecular complexity index is 847. The van der Waals surface area contributed by atoms with Crippen LogP contribution >= 0.6 is 11.8 Å². The molecule has 0 N–H and O–H groups in total. The van der Waals surface area contributed by atoms with Crippen molar-refractivity contribution in [2.45, 2.75) is 26.8 Å². The lowest BCUT2D eigenvalue weighted by atomic mass is 10.1. The largest absolute Gasteiger partial charge is 0.463 e. The van der Waals surface area contributed by atoms with Gasteiger partial charge in [-0.2, -0.15) is 4.80 Å². The molecule has 9 heteroatoms. The predicted octanol–water partition coefficient (Wildman–Crippen LogP) is 1.88. The zero-order chi connectivity index (χ0) is 19.2. The van der Waals surface area contributed by atoms with Crippen LogP contribution in [0.2, 0.25) is 0 Å². The highest BCUT2D eigenvalue weighted by atomic mass is 32.2. The van der Waals surface area contributed by atoms with E-state index < -0.39 is 5.97 Å². The quantitative estimate of drug-likeness (QED) is 0.529. The number of hydrogen-bond acceptors (Lipinski definition) is 7. The molecule has 0 unspecified atom stereocenters. The maximum absolute atomic E-state index is 12.1. The van der Waals surface area contributed by atoms with Gasteiger partial charge in [0.25, 0.3) is 0 Å². The molecule has 1 aliphatic rings. The van der Waals surface area contributed by atoms with Crippen LogP contribution < -0.4 is 0 Å². The third kappa shape index (κ3) is 4.73. The lowest BCUT2D eigenvalue weighted by Crippen LogP contribution is -2.29. The van der Waals surface area contributed by atoms with Crippen molar-refractivity contribution < 1.29 is 14.3 Å². The number of carbonyl (C=O) groups excluding carboxylic acids is 2. The molecule has 0 atom stereocenters. The minimum atomic E-state index is -0.448. The number of benzene rings is 1. The first-order valence-electron chi connectivity index (χ1n) is 8.79. The Balaban J connectivity index is 1.64. The van der Waals surface area contributed by atoms with E-state index in [2.05, 4.69) is 22.3 Å². The number of aryl methyl sites for hydroxylation is 1. The first-order chi connectivity index (χ1) is 13.1. The molecule has 0 bridgehead atoms. The zero-order valence-electron chi connectivity index (χ0n) is 15.3. The Kier molecular flexibility index (Phi) is 6.23. The van der Waals surface area contributed by atoms with Gasteiger partial charge in [0.05, 0.1) is 30.0 Å². The molecule has 1 aromatic heterocycles. The number of tetrazole rings is 1. The number of carbonyl (C=O) groups is 2. The van der Waals surface area contributed by atoms with Crippen LogP contribution in [-0.2, 0) is 27.3 Å². The maximum Gasteiger partial charge on any atom is 0.333 e. The molecule has 1 fully saturated rings. The van der Waals surface area contributed by atoms with E-state index in [1.54, 1.807) is 11.8 Å². The Labute approximate surface area is 161 Å². The summed E-state index contributed by atoms with van der Waals surface area (Å²) in [5.74, 6) is 0.356. The van der Waals surface area contributed by atoms with Crippen molar-refractivity contribution in [1.29, 1.82) is 0 Å². The average Bonchev–Trinajstić information content (AvgIpc) is 3.27. The summed E-state index contributed by atoms with van der Waals surface area (Å²) in [6.45, 7) is 4.89. The van der Waals surface area contributed by atoms with Crippen LogP contribution in [0.3, 0.4) is 0 Å². The summed E-state index contributed by atoms with van der Waals surface area (Å²) in [7, 11) is 0. The van der Waals surface area contributed by atoms with Gasteiger partial charge in [0.1, 0.15) is 0 Å². The first kappa shape index (κ1) is 19.1. The summed E-state index contributed by atoms with van der Waals surface area (Å²) >= 11 is 1.32. The van der Waals surface area contributed by atoms with Gasteiger partial charge in [0.2, 0.25) is 11.7 Å². The van der Waals surface area contributed by atoms with Crippen LogP contribution in [0.5, 0.6) is 0 Å². The topological polar surface area (TPSA) is 90.2 Å². The number of nitrogens with zero attached hydrogens (tertiary/aromatic N) is 5. The van der Waals surface area contributed by atoms with E-state index in [9.17, 15) is 9.59 Å². The number of esters is 1. The number of ether oxygens (including phenoxy) is 1. The molecule has 0 radical (unpaired) electrons. The molecule has 1 saturated heterocycles. The fraction of sp³-hybridized carbons (Fsp3) is 0.389. The number of rotatable bonds is 7. The van der Waals surface area contributed by atoms with Crippen LogP contribution in [0.15, 0.2) is 35.4 Å². The van der Waals surface area contributed by atoms with Crippen LogP contribution in [-0.4, -0.2) is 55.9 Å². The van der Waals surface area contributed by atoms with Crippen molar-refractivity contribution in [3.8, 4) is 11.4 Å². The molecular formula is C18H21N5O3S. The van der Waals surface area contributed by atoms with Gasteiger partial charge in [-0.25, -0.2) is 4.79 Å². The van der Waals surface area contributed by atoms with Gasteiger partial charge in [-0.3, -0.25) is 4.79 Å². The van der Waals surface area contributed by atoms with Gasteiger partial charge >= 0.3 is 5.97 Å². The van der Waals surface area contributed by atoms with Crippen LogP contribution in [0.4, 0.5) is 0 Å². The molecule has 8 nitrogen and oxygen atoms in total. The molecule has 3 rings (SSSR count). The fourth-order valence-electron chi connectivity index (χ4n) is 2.59. The minimum absolute atomic E-state index is 0.0500. The second-order valence-electron chi connectivity index (χ2n) is 5.83. The minimum Gasteiger partial charge on any atom is -0.463 e. The van der Waals surface area contributed by atoms with Gasteiger partial charge < -0.3 is 9.64 Å². The molecule has 0 saturated carbocycles. The Morgan fingerprint density at radius 3 is 2.74 bits per heavy atom. The van der Waals surface area contributed by atoms with Gasteiger partial charge in [0, 0.05) is 12.1 Å². The monoisotopic (exact) mass is 387 g/mol. The molecular weight excluding hydrogens is 366 g/mol. The highest BCUT2D eigenvalue weighted by Gasteiger charge is 2.27. The number of amides is 1. The molecule has 1 amide bonds. The van der Waals surface area contributed by atoms with Crippen molar-refractivity contribution in [1.82, 2.24) is 25.1 Å². The van der Waals surface area contributed by atoms with Crippen molar-refractivity contribution in [3.63, 3.8) is 0 Å². The number of thioether (sulfide) groups is 1. The van der Waals surface area contributed by atoms with E-state index >= 15 is 0 Å². The molecule has 2 heterocycles. The van der Waals surface area contributed by atoms with E-state index in [0.29, 0.717) is 36.3 Å². The first-order valence-corrected chi connectivity index (χ1v) is 9.78.